The quantitative estimate of drug-likeness (QED) is 0.589. The molecule has 0 aliphatic rings. The summed E-state index contributed by atoms with van der Waals surface area (Å²) < 4.78 is 0. The third-order valence-electron chi connectivity index (χ3n) is 3.88. The Morgan fingerprint density at radius 1 is 1.15 bits per heavy atom. The normalized spacial score (nSPS) is 12.1. The SMILES string of the molecule is C=CCC(CC(=O)CC(C)(C)C)C(=O)NCC(=C)NCc1ccccc1. The predicted octanol–water partition coefficient (Wildman–Crippen LogP) is 3.99. The van der Waals surface area contributed by atoms with Crippen molar-refractivity contribution in [3.63, 3.8) is 0 Å². The second kappa shape index (κ2) is 10.6. The van der Waals surface area contributed by atoms with Crippen LogP contribution < -0.4 is 10.6 Å². The van der Waals surface area contributed by atoms with Gasteiger partial charge in [-0.15, -0.1) is 6.58 Å². The van der Waals surface area contributed by atoms with E-state index in [9.17, 15) is 9.59 Å². The van der Waals surface area contributed by atoms with Crippen LogP contribution in [0.1, 0.15) is 45.6 Å². The van der Waals surface area contributed by atoms with E-state index in [0.717, 1.165) is 11.3 Å². The first-order valence-corrected chi connectivity index (χ1v) is 9.07. The molecule has 26 heavy (non-hydrogen) atoms. The Morgan fingerprint density at radius 2 is 1.81 bits per heavy atom. The molecule has 0 radical (unpaired) electrons. The number of carbonyl (C=O) groups is 2. The van der Waals surface area contributed by atoms with Gasteiger partial charge in [0.2, 0.25) is 5.91 Å². The average Bonchev–Trinajstić information content (AvgIpc) is 2.56. The second-order valence-corrected chi connectivity index (χ2v) is 7.86. The maximum atomic E-state index is 12.4. The van der Waals surface area contributed by atoms with Gasteiger partial charge in [-0.2, -0.15) is 0 Å². The van der Waals surface area contributed by atoms with Gasteiger partial charge >= 0.3 is 0 Å². The van der Waals surface area contributed by atoms with Crippen LogP contribution in [0.4, 0.5) is 0 Å². The van der Waals surface area contributed by atoms with Crippen molar-refractivity contribution in [1.29, 1.82) is 0 Å². The summed E-state index contributed by atoms with van der Waals surface area (Å²) in [6.45, 7) is 14.7. The minimum Gasteiger partial charge on any atom is -0.383 e. The van der Waals surface area contributed by atoms with Crippen LogP contribution in [0.25, 0.3) is 0 Å². The third kappa shape index (κ3) is 9.21. The highest BCUT2D eigenvalue weighted by Gasteiger charge is 2.23. The van der Waals surface area contributed by atoms with Crippen LogP contribution in [0.15, 0.2) is 55.3 Å². The molecular weight excluding hydrogens is 324 g/mol. The van der Waals surface area contributed by atoms with Crippen LogP contribution in [-0.2, 0) is 16.1 Å². The molecule has 2 N–H and O–H groups in total. The number of allylic oxidation sites excluding steroid dienone is 1. The largest absolute Gasteiger partial charge is 0.383 e. The first-order chi connectivity index (χ1) is 12.2. The molecule has 0 bridgehead atoms. The number of amides is 1. The fraction of sp³-hybridized carbons (Fsp3) is 0.455. The Balaban J connectivity index is 2.44. The second-order valence-electron chi connectivity index (χ2n) is 7.86. The number of hydrogen-bond donors (Lipinski definition) is 2. The Kier molecular flexibility index (Phi) is 8.83. The fourth-order valence-electron chi connectivity index (χ4n) is 2.65. The molecule has 0 fully saturated rings. The molecule has 1 atom stereocenters. The van der Waals surface area contributed by atoms with Crippen molar-refractivity contribution in [2.75, 3.05) is 6.54 Å². The Labute approximate surface area is 157 Å². The highest BCUT2D eigenvalue weighted by Crippen LogP contribution is 2.22. The minimum atomic E-state index is -0.371. The summed E-state index contributed by atoms with van der Waals surface area (Å²) in [5.41, 5.74) is 1.82. The van der Waals surface area contributed by atoms with Gasteiger partial charge in [-0.1, -0.05) is 63.8 Å². The predicted molar refractivity (Wildman–Crippen MR) is 107 cm³/mol. The molecule has 1 aromatic rings. The van der Waals surface area contributed by atoms with Crippen molar-refractivity contribution in [1.82, 2.24) is 10.6 Å². The van der Waals surface area contributed by atoms with Crippen molar-refractivity contribution in [3.8, 4) is 0 Å². The zero-order valence-corrected chi connectivity index (χ0v) is 16.3. The zero-order valence-electron chi connectivity index (χ0n) is 16.3. The highest BCUT2D eigenvalue weighted by molar-refractivity contribution is 5.87. The van der Waals surface area contributed by atoms with Crippen molar-refractivity contribution >= 4 is 11.7 Å². The number of carbonyl (C=O) groups excluding carboxylic acids is 2. The van der Waals surface area contributed by atoms with E-state index < -0.39 is 0 Å². The first-order valence-electron chi connectivity index (χ1n) is 9.07. The molecular formula is C22H32N2O2. The van der Waals surface area contributed by atoms with E-state index in [1.807, 2.05) is 51.1 Å². The summed E-state index contributed by atoms with van der Waals surface area (Å²) in [5.74, 6) is -0.389. The molecule has 0 aromatic heterocycles. The summed E-state index contributed by atoms with van der Waals surface area (Å²) in [5, 5.41) is 6.07. The van der Waals surface area contributed by atoms with Gasteiger partial charge in [-0.25, -0.2) is 0 Å². The van der Waals surface area contributed by atoms with Gasteiger partial charge in [0.1, 0.15) is 5.78 Å². The molecule has 0 saturated heterocycles. The van der Waals surface area contributed by atoms with E-state index in [2.05, 4.69) is 23.8 Å². The lowest BCUT2D eigenvalue weighted by Crippen LogP contribution is -2.35. The lowest BCUT2D eigenvalue weighted by atomic mass is 9.86. The number of rotatable bonds is 11. The Hall–Kier alpha value is -2.36. The zero-order chi connectivity index (χ0) is 19.6. The molecule has 0 heterocycles. The smallest absolute Gasteiger partial charge is 0.224 e. The summed E-state index contributed by atoms with van der Waals surface area (Å²) in [6.07, 6.45) is 2.90. The lowest BCUT2D eigenvalue weighted by molar-refractivity contribution is -0.130. The maximum Gasteiger partial charge on any atom is 0.224 e. The highest BCUT2D eigenvalue weighted by atomic mass is 16.2. The van der Waals surface area contributed by atoms with Crippen LogP contribution in [0, 0.1) is 11.3 Å². The van der Waals surface area contributed by atoms with Crippen LogP contribution >= 0.6 is 0 Å². The lowest BCUT2D eigenvalue weighted by Gasteiger charge is -2.20. The van der Waals surface area contributed by atoms with E-state index in [1.165, 1.54) is 0 Å². The van der Waals surface area contributed by atoms with Crippen LogP contribution in [0.2, 0.25) is 0 Å². The minimum absolute atomic E-state index is 0.0675. The topological polar surface area (TPSA) is 58.2 Å². The molecule has 0 aliphatic carbocycles. The molecule has 1 amide bonds. The molecule has 1 rings (SSSR count). The van der Waals surface area contributed by atoms with Gasteiger partial charge in [-0.3, -0.25) is 9.59 Å². The van der Waals surface area contributed by atoms with E-state index >= 15 is 0 Å². The number of Topliss-reactive ketones (excluding diaryl/α,β-unsaturated/α-hetero) is 1. The molecule has 0 saturated carbocycles. The van der Waals surface area contributed by atoms with Gasteiger partial charge in [-0.05, 0) is 17.4 Å². The Morgan fingerprint density at radius 3 is 2.38 bits per heavy atom. The van der Waals surface area contributed by atoms with Crippen LogP contribution in [0.5, 0.6) is 0 Å². The van der Waals surface area contributed by atoms with E-state index in [-0.39, 0.29) is 29.4 Å². The Bertz CT molecular complexity index is 615. The number of nitrogens with one attached hydrogen (secondary N) is 2. The van der Waals surface area contributed by atoms with Gasteiger partial charge < -0.3 is 10.6 Å². The van der Waals surface area contributed by atoms with Gasteiger partial charge in [0.05, 0.1) is 6.54 Å². The number of hydrogen-bond acceptors (Lipinski definition) is 3. The third-order valence-corrected chi connectivity index (χ3v) is 3.88. The fourth-order valence-corrected chi connectivity index (χ4v) is 2.65. The summed E-state index contributed by atoms with van der Waals surface area (Å²) in [6, 6.07) is 9.99. The van der Waals surface area contributed by atoms with E-state index in [4.69, 9.17) is 0 Å². The maximum absolute atomic E-state index is 12.4. The van der Waals surface area contributed by atoms with Crippen molar-refractivity contribution < 1.29 is 9.59 Å². The number of ketones is 1. The van der Waals surface area contributed by atoms with Gasteiger partial charge in [0.15, 0.2) is 0 Å². The summed E-state index contributed by atoms with van der Waals surface area (Å²) in [4.78, 5) is 24.6. The van der Waals surface area contributed by atoms with Gasteiger partial charge in [0.25, 0.3) is 0 Å². The van der Waals surface area contributed by atoms with Gasteiger partial charge in [0, 0.05) is 31.0 Å². The summed E-state index contributed by atoms with van der Waals surface area (Å²) >= 11 is 0. The molecule has 0 spiro atoms. The van der Waals surface area contributed by atoms with Crippen molar-refractivity contribution in [3.05, 3.63) is 60.8 Å². The molecule has 1 unspecified atom stereocenters. The van der Waals surface area contributed by atoms with Crippen LogP contribution in [0.3, 0.4) is 0 Å². The average molecular weight is 357 g/mol. The molecule has 0 aliphatic heterocycles. The van der Waals surface area contributed by atoms with Crippen molar-refractivity contribution in [2.45, 2.75) is 46.6 Å². The van der Waals surface area contributed by atoms with Crippen LogP contribution in [-0.4, -0.2) is 18.2 Å². The molecule has 1 aromatic carbocycles. The monoisotopic (exact) mass is 356 g/mol. The van der Waals surface area contributed by atoms with Crippen molar-refractivity contribution in [2.24, 2.45) is 11.3 Å². The summed E-state index contributed by atoms with van der Waals surface area (Å²) in [7, 11) is 0. The standard InChI is InChI=1S/C22H32N2O2/c1-6-10-19(13-20(25)14-22(3,4)5)21(26)24-15-17(2)23-16-18-11-8-7-9-12-18/h6-9,11-12,19,23H,1-2,10,13-16H2,3-5H3,(H,24,26). The first kappa shape index (κ1) is 21.7. The van der Waals surface area contributed by atoms with E-state index in [0.29, 0.717) is 25.9 Å². The molecule has 4 heteroatoms. The molecule has 142 valence electrons. The van der Waals surface area contributed by atoms with E-state index in [1.54, 1.807) is 6.08 Å². The number of benzene rings is 1. The molecule has 4 nitrogen and oxygen atoms in total.